The molecule has 4 aromatic rings. The minimum atomic E-state index is -4.60. The standard InChI is InChI=1S/C18H20F3N7O3.C7H5NS/c1-9-8-27(4-5-28(9)16(31)17(2-3-17)18(19,20)21)15(30)14(29)25-11-7-23-13(22)10-6-24-26-12(10)11;1-2-4-7-6(3-1)8-5-9-7/h6-7,9H,2-5,8H2,1H3,(H2,22,23)(H,24,26)(H,25,29);1-5H. The molecule has 40 heavy (non-hydrogen) atoms. The van der Waals surface area contributed by atoms with Gasteiger partial charge in [-0.25, -0.2) is 9.97 Å². The second-order valence-electron chi connectivity index (χ2n) is 9.67. The minimum absolute atomic E-state index is 0.0459. The second-order valence-corrected chi connectivity index (χ2v) is 10.6. The molecule has 1 saturated carbocycles. The van der Waals surface area contributed by atoms with Crippen LogP contribution < -0.4 is 11.1 Å². The van der Waals surface area contributed by atoms with Crippen LogP contribution in [0.1, 0.15) is 19.8 Å². The highest BCUT2D eigenvalue weighted by Crippen LogP contribution is 2.58. The molecule has 1 aliphatic carbocycles. The highest BCUT2D eigenvalue weighted by Gasteiger charge is 2.69. The van der Waals surface area contributed by atoms with Crippen molar-refractivity contribution in [1.82, 2.24) is 30.0 Å². The van der Waals surface area contributed by atoms with Crippen LogP contribution in [-0.2, 0) is 14.4 Å². The van der Waals surface area contributed by atoms with E-state index in [9.17, 15) is 27.6 Å². The number of H-pyrrole nitrogens is 1. The highest BCUT2D eigenvalue weighted by molar-refractivity contribution is 7.16. The first kappa shape index (κ1) is 27.3. The maximum atomic E-state index is 13.3. The number of amides is 3. The number of benzene rings is 1. The van der Waals surface area contributed by atoms with Crippen LogP contribution in [-0.4, -0.2) is 79.5 Å². The number of alkyl halides is 3. The number of nitrogen functional groups attached to an aromatic ring is 1. The van der Waals surface area contributed by atoms with Crippen LogP contribution in [0.25, 0.3) is 21.1 Å². The van der Waals surface area contributed by atoms with E-state index in [1.807, 2.05) is 23.7 Å². The molecule has 0 radical (unpaired) electrons. The SMILES string of the molecule is CC1CN(C(=O)C(=O)Nc2cnc(N)c3cn[nH]c23)CCN1C(=O)C1(C(F)(F)F)CC1.c1ccc2scnc2c1. The Morgan fingerprint density at radius 1 is 1.15 bits per heavy atom. The molecule has 0 bridgehead atoms. The van der Waals surface area contributed by atoms with Crippen molar-refractivity contribution in [3.05, 3.63) is 42.2 Å². The predicted molar refractivity (Wildman–Crippen MR) is 142 cm³/mol. The van der Waals surface area contributed by atoms with E-state index in [0.717, 1.165) is 10.4 Å². The maximum Gasteiger partial charge on any atom is 0.403 e. The number of para-hydroxylation sites is 1. The summed E-state index contributed by atoms with van der Waals surface area (Å²) in [7, 11) is 0. The number of thiazole rings is 1. The van der Waals surface area contributed by atoms with Gasteiger partial charge >= 0.3 is 18.0 Å². The summed E-state index contributed by atoms with van der Waals surface area (Å²) in [5, 5.41) is 9.42. The van der Waals surface area contributed by atoms with E-state index >= 15 is 0 Å². The van der Waals surface area contributed by atoms with Crippen LogP contribution in [0, 0.1) is 5.41 Å². The van der Waals surface area contributed by atoms with Gasteiger partial charge in [-0.05, 0) is 31.9 Å². The van der Waals surface area contributed by atoms with Crippen molar-refractivity contribution >= 4 is 61.7 Å². The van der Waals surface area contributed by atoms with Gasteiger partial charge in [0.25, 0.3) is 0 Å². The number of pyridine rings is 1. The number of aromatic amines is 1. The number of nitrogens with one attached hydrogen (secondary N) is 2. The zero-order valence-corrected chi connectivity index (χ0v) is 22.1. The van der Waals surface area contributed by atoms with E-state index in [-0.39, 0.29) is 44.0 Å². The summed E-state index contributed by atoms with van der Waals surface area (Å²) in [6, 6.07) is 7.47. The summed E-state index contributed by atoms with van der Waals surface area (Å²) in [5.41, 5.74) is 7.01. The van der Waals surface area contributed by atoms with Crippen LogP contribution in [0.4, 0.5) is 24.7 Å². The zero-order chi connectivity index (χ0) is 28.7. The average molecular weight is 575 g/mol. The number of carbonyl (C=O) groups excluding carboxylic acids is 3. The summed E-state index contributed by atoms with van der Waals surface area (Å²) in [6.07, 6.45) is -2.32. The van der Waals surface area contributed by atoms with Crippen molar-refractivity contribution in [2.75, 3.05) is 30.7 Å². The van der Waals surface area contributed by atoms with E-state index < -0.39 is 35.4 Å². The summed E-state index contributed by atoms with van der Waals surface area (Å²) in [4.78, 5) is 48.0. The number of piperazine rings is 1. The molecule has 2 fully saturated rings. The van der Waals surface area contributed by atoms with Gasteiger partial charge in [0.2, 0.25) is 5.91 Å². The van der Waals surface area contributed by atoms with Gasteiger partial charge in [-0.1, -0.05) is 12.1 Å². The smallest absolute Gasteiger partial charge is 0.383 e. The number of anilines is 2. The molecule has 1 atom stereocenters. The predicted octanol–water partition coefficient (Wildman–Crippen LogP) is 3.18. The fourth-order valence-corrected chi connectivity index (χ4v) is 5.31. The molecular weight excluding hydrogens is 549 g/mol. The van der Waals surface area contributed by atoms with E-state index in [1.54, 1.807) is 18.3 Å². The number of hydrogen-bond donors (Lipinski definition) is 3. The van der Waals surface area contributed by atoms with E-state index in [0.29, 0.717) is 10.9 Å². The van der Waals surface area contributed by atoms with Gasteiger partial charge < -0.3 is 20.9 Å². The number of rotatable bonds is 2. The maximum absolute atomic E-state index is 13.3. The molecule has 6 rings (SSSR count). The monoisotopic (exact) mass is 574 g/mol. The number of halogens is 3. The van der Waals surface area contributed by atoms with E-state index in [4.69, 9.17) is 5.73 Å². The molecule has 11 nitrogen and oxygen atoms in total. The fourth-order valence-electron chi connectivity index (χ4n) is 4.63. The first-order valence-corrected chi connectivity index (χ1v) is 13.2. The molecular formula is C25H25F3N8O3S. The summed E-state index contributed by atoms with van der Waals surface area (Å²) < 4.78 is 41.1. The quantitative estimate of drug-likeness (QED) is 0.311. The van der Waals surface area contributed by atoms with E-state index in [2.05, 4.69) is 31.5 Å². The third-order valence-corrected chi connectivity index (χ3v) is 7.88. The van der Waals surface area contributed by atoms with Crippen LogP contribution in [0.3, 0.4) is 0 Å². The van der Waals surface area contributed by atoms with Crippen LogP contribution >= 0.6 is 11.3 Å². The fraction of sp³-hybridized carbons (Fsp3) is 0.360. The molecule has 1 aliphatic heterocycles. The molecule has 210 valence electrons. The number of nitrogens with two attached hydrogens (primary N) is 1. The molecule has 2 aliphatic rings. The molecule has 4 heterocycles. The topological polar surface area (TPSA) is 150 Å². The van der Waals surface area contributed by atoms with Gasteiger partial charge in [-0.15, -0.1) is 11.3 Å². The number of fused-ring (bicyclic) bond motifs is 2. The van der Waals surface area contributed by atoms with E-state index in [1.165, 1.54) is 22.0 Å². The minimum Gasteiger partial charge on any atom is -0.383 e. The lowest BCUT2D eigenvalue weighted by Gasteiger charge is -2.41. The molecule has 3 amide bonds. The molecule has 15 heteroatoms. The van der Waals surface area contributed by atoms with Crippen LogP contribution in [0.2, 0.25) is 0 Å². The van der Waals surface area contributed by atoms with Gasteiger partial charge in [0.1, 0.15) is 11.2 Å². The Kier molecular flexibility index (Phi) is 7.08. The van der Waals surface area contributed by atoms with Crippen molar-refractivity contribution < 1.29 is 27.6 Å². The first-order chi connectivity index (χ1) is 19.0. The average Bonchev–Trinajstić information content (AvgIpc) is 3.37. The van der Waals surface area contributed by atoms with Gasteiger partial charge in [0.05, 0.1) is 44.7 Å². The number of carbonyl (C=O) groups is 3. The lowest BCUT2D eigenvalue weighted by atomic mass is 10.0. The number of aromatic nitrogens is 4. The number of nitrogens with zero attached hydrogens (tertiary/aromatic N) is 5. The highest BCUT2D eigenvalue weighted by atomic mass is 32.1. The lowest BCUT2D eigenvalue weighted by molar-refractivity contribution is -0.201. The molecule has 0 spiro atoms. The Balaban J connectivity index is 0.000000301. The van der Waals surface area contributed by atoms with Crippen LogP contribution in [0.15, 0.2) is 42.2 Å². The summed E-state index contributed by atoms with van der Waals surface area (Å²) in [5.74, 6) is -2.56. The Labute approximate surface area is 229 Å². The summed E-state index contributed by atoms with van der Waals surface area (Å²) in [6.45, 7) is 1.38. The third kappa shape index (κ3) is 5.03. The third-order valence-electron chi connectivity index (χ3n) is 7.07. The Hall–Kier alpha value is -4.27. The van der Waals surface area contributed by atoms with Gasteiger partial charge in [-0.3, -0.25) is 19.5 Å². The molecule has 4 N–H and O–H groups in total. The Bertz CT molecular complexity index is 1550. The van der Waals surface area contributed by atoms with Gasteiger partial charge in [0.15, 0.2) is 0 Å². The van der Waals surface area contributed by atoms with Gasteiger partial charge in [-0.2, -0.15) is 18.3 Å². The molecule has 1 unspecified atom stereocenters. The van der Waals surface area contributed by atoms with Crippen LogP contribution in [0.5, 0.6) is 0 Å². The Morgan fingerprint density at radius 3 is 2.58 bits per heavy atom. The van der Waals surface area contributed by atoms with Crippen molar-refractivity contribution in [3.63, 3.8) is 0 Å². The lowest BCUT2D eigenvalue weighted by Crippen LogP contribution is -2.59. The largest absolute Gasteiger partial charge is 0.403 e. The molecule has 3 aromatic heterocycles. The normalized spacial score (nSPS) is 18.2. The first-order valence-electron chi connectivity index (χ1n) is 12.4. The van der Waals surface area contributed by atoms with Crippen molar-refractivity contribution in [3.8, 4) is 0 Å². The van der Waals surface area contributed by atoms with Crippen molar-refractivity contribution in [2.24, 2.45) is 5.41 Å². The van der Waals surface area contributed by atoms with Crippen molar-refractivity contribution in [2.45, 2.75) is 32.0 Å². The number of hydrogen-bond acceptors (Lipinski definition) is 8. The molecule has 1 aromatic carbocycles. The Morgan fingerprint density at radius 2 is 1.90 bits per heavy atom. The zero-order valence-electron chi connectivity index (χ0n) is 21.2. The summed E-state index contributed by atoms with van der Waals surface area (Å²) >= 11 is 1.68. The van der Waals surface area contributed by atoms with Crippen molar-refractivity contribution in [1.29, 1.82) is 0 Å². The molecule has 1 saturated heterocycles. The second kappa shape index (κ2) is 10.4. The van der Waals surface area contributed by atoms with Gasteiger partial charge in [0, 0.05) is 25.7 Å².